The summed E-state index contributed by atoms with van der Waals surface area (Å²) < 4.78 is 10.6. The van der Waals surface area contributed by atoms with Crippen molar-refractivity contribution < 1.29 is 19.4 Å². The van der Waals surface area contributed by atoms with E-state index in [1.165, 1.54) is 0 Å². The molecule has 4 nitrogen and oxygen atoms in total. The molecule has 20 heavy (non-hydrogen) atoms. The van der Waals surface area contributed by atoms with Gasteiger partial charge in [0, 0.05) is 6.07 Å². The first-order valence-corrected chi connectivity index (χ1v) is 7.06. The molecule has 0 aliphatic heterocycles. The lowest BCUT2D eigenvalue weighted by Gasteiger charge is -2.19. The number of hydrogen-bond donors (Lipinski definition) is 1. The molecule has 0 saturated heterocycles. The zero-order chi connectivity index (χ0) is 15.0. The second kappa shape index (κ2) is 8.46. The van der Waals surface area contributed by atoms with Crippen molar-refractivity contribution in [3.05, 3.63) is 23.8 Å². The van der Waals surface area contributed by atoms with E-state index in [0.29, 0.717) is 11.5 Å². The number of ether oxygens (including phenoxy) is 2. The lowest BCUT2D eigenvalue weighted by molar-refractivity contribution is -0.137. The largest absolute Gasteiger partial charge is 0.497 e. The van der Waals surface area contributed by atoms with Crippen LogP contribution in [-0.4, -0.2) is 25.3 Å². The highest BCUT2D eigenvalue weighted by Crippen LogP contribution is 2.35. The number of methoxy groups -OCH3 is 2. The summed E-state index contributed by atoms with van der Waals surface area (Å²) in [6, 6.07) is 5.58. The van der Waals surface area contributed by atoms with Crippen molar-refractivity contribution in [1.82, 2.24) is 0 Å². The average molecular weight is 280 g/mol. The first-order valence-electron chi connectivity index (χ1n) is 7.06. The van der Waals surface area contributed by atoms with Crippen molar-refractivity contribution in [3.8, 4) is 11.5 Å². The van der Waals surface area contributed by atoms with E-state index in [-0.39, 0.29) is 12.3 Å². The van der Waals surface area contributed by atoms with Gasteiger partial charge in [-0.05, 0) is 24.0 Å². The number of carboxylic acids is 1. The molecule has 1 rings (SSSR count). The quantitative estimate of drug-likeness (QED) is 0.698. The van der Waals surface area contributed by atoms with Crippen LogP contribution in [0.1, 0.15) is 50.5 Å². The summed E-state index contributed by atoms with van der Waals surface area (Å²) in [5.74, 6) is 0.629. The van der Waals surface area contributed by atoms with E-state index >= 15 is 0 Å². The molecule has 0 amide bonds. The number of hydrogen-bond acceptors (Lipinski definition) is 3. The van der Waals surface area contributed by atoms with E-state index in [0.717, 1.165) is 31.2 Å². The Hall–Kier alpha value is -1.71. The second-order valence-corrected chi connectivity index (χ2v) is 4.90. The van der Waals surface area contributed by atoms with Crippen molar-refractivity contribution in [1.29, 1.82) is 0 Å². The van der Waals surface area contributed by atoms with Gasteiger partial charge in [0.2, 0.25) is 0 Å². The van der Waals surface area contributed by atoms with Crippen molar-refractivity contribution in [2.24, 2.45) is 0 Å². The lowest BCUT2D eigenvalue weighted by Crippen LogP contribution is -2.08. The van der Waals surface area contributed by atoms with Crippen LogP contribution >= 0.6 is 0 Å². The van der Waals surface area contributed by atoms with Gasteiger partial charge < -0.3 is 14.6 Å². The minimum atomic E-state index is -0.774. The normalized spacial score (nSPS) is 11.9. The third-order valence-electron chi connectivity index (χ3n) is 3.46. The van der Waals surface area contributed by atoms with Gasteiger partial charge in [0.05, 0.1) is 20.6 Å². The minimum Gasteiger partial charge on any atom is -0.497 e. The van der Waals surface area contributed by atoms with Crippen LogP contribution in [0.25, 0.3) is 0 Å². The summed E-state index contributed by atoms with van der Waals surface area (Å²) in [4.78, 5) is 11.1. The molecule has 112 valence electrons. The van der Waals surface area contributed by atoms with Crippen LogP contribution in [0.3, 0.4) is 0 Å². The standard InChI is InChI=1S/C16H24O4/c1-4-5-6-7-12(10-16(17)18)14-9-8-13(19-2)11-15(14)20-3/h8-9,11-12H,4-7,10H2,1-3H3,(H,17,18). The van der Waals surface area contributed by atoms with Crippen LogP contribution in [0.5, 0.6) is 11.5 Å². The molecular weight excluding hydrogens is 256 g/mol. The topological polar surface area (TPSA) is 55.8 Å². The molecule has 0 saturated carbocycles. The molecule has 0 heterocycles. The highest BCUT2D eigenvalue weighted by molar-refractivity contribution is 5.68. The van der Waals surface area contributed by atoms with Crippen LogP contribution in [0, 0.1) is 0 Å². The number of carboxylic acid groups (broad SMARTS) is 1. The molecule has 0 spiro atoms. The SMILES string of the molecule is CCCCCC(CC(=O)O)c1ccc(OC)cc1OC. The predicted molar refractivity (Wildman–Crippen MR) is 78.7 cm³/mol. The maximum absolute atomic E-state index is 11.1. The van der Waals surface area contributed by atoms with E-state index < -0.39 is 5.97 Å². The van der Waals surface area contributed by atoms with Gasteiger partial charge in [-0.15, -0.1) is 0 Å². The van der Waals surface area contributed by atoms with Crippen LogP contribution in [-0.2, 0) is 4.79 Å². The monoisotopic (exact) mass is 280 g/mol. The highest BCUT2D eigenvalue weighted by Gasteiger charge is 2.19. The number of benzene rings is 1. The Bertz CT molecular complexity index is 428. The minimum absolute atomic E-state index is 0.0140. The zero-order valence-corrected chi connectivity index (χ0v) is 12.5. The maximum Gasteiger partial charge on any atom is 0.303 e. The molecular formula is C16H24O4. The van der Waals surface area contributed by atoms with E-state index in [2.05, 4.69) is 6.92 Å². The predicted octanol–water partition coefficient (Wildman–Crippen LogP) is 3.84. The maximum atomic E-state index is 11.1. The molecule has 1 aromatic rings. The Kier molecular flexibility index (Phi) is 6.91. The summed E-state index contributed by atoms with van der Waals surface area (Å²) >= 11 is 0. The molecule has 4 heteroatoms. The van der Waals surface area contributed by atoms with Crippen molar-refractivity contribution >= 4 is 5.97 Å². The Morgan fingerprint density at radius 2 is 2.00 bits per heavy atom. The molecule has 1 atom stereocenters. The molecule has 1 unspecified atom stereocenters. The Morgan fingerprint density at radius 1 is 1.25 bits per heavy atom. The van der Waals surface area contributed by atoms with Crippen molar-refractivity contribution in [3.63, 3.8) is 0 Å². The van der Waals surface area contributed by atoms with Gasteiger partial charge in [-0.25, -0.2) is 0 Å². The van der Waals surface area contributed by atoms with Crippen LogP contribution < -0.4 is 9.47 Å². The van der Waals surface area contributed by atoms with Crippen LogP contribution in [0.2, 0.25) is 0 Å². The fourth-order valence-electron chi connectivity index (χ4n) is 2.37. The third-order valence-corrected chi connectivity index (χ3v) is 3.46. The first-order chi connectivity index (χ1) is 9.62. The molecule has 0 fully saturated rings. The zero-order valence-electron chi connectivity index (χ0n) is 12.5. The molecule has 0 aliphatic carbocycles. The Morgan fingerprint density at radius 3 is 2.55 bits per heavy atom. The van der Waals surface area contributed by atoms with Crippen molar-refractivity contribution in [2.75, 3.05) is 14.2 Å². The number of aliphatic carboxylic acids is 1. The molecule has 0 radical (unpaired) electrons. The van der Waals surface area contributed by atoms with Gasteiger partial charge in [-0.2, -0.15) is 0 Å². The molecule has 0 aromatic heterocycles. The second-order valence-electron chi connectivity index (χ2n) is 4.90. The third kappa shape index (κ3) is 4.76. The summed E-state index contributed by atoms with van der Waals surface area (Å²) in [7, 11) is 3.20. The number of unbranched alkanes of at least 4 members (excludes halogenated alkanes) is 2. The van der Waals surface area contributed by atoms with Crippen LogP contribution in [0.4, 0.5) is 0 Å². The van der Waals surface area contributed by atoms with E-state index in [1.54, 1.807) is 14.2 Å². The van der Waals surface area contributed by atoms with Gasteiger partial charge in [-0.1, -0.05) is 32.3 Å². The molecule has 0 bridgehead atoms. The van der Waals surface area contributed by atoms with Gasteiger partial charge in [0.1, 0.15) is 11.5 Å². The Balaban J connectivity index is 2.95. The summed E-state index contributed by atoms with van der Waals surface area (Å²) in [5.41, 5.74) is 0.951. The lowest BCUT2D eigenvalue weighted by atomic mass is 9.89. The summed E-state index contributed by atoms with van der Waals surface area (Å²) in [6.07, 6.45) is 4.27. The average Bonchev–Trinajstić information content (AvgIpc) is 2.45. The fraction of sp³-hybridized carbons (Fsp3) is 0.562. The molecule has 1 N–H and O–H groups in total. The Labute approximate surface area is 120 Å². The van der Waals surface area contributed by atoms with Crippen molar-refractivity contribution in [2.45, 2.75) is 44.9 Å². The summed E-state index contributed by atoms with van der Waals surface area (Å²) in [6.45, 7) is 2.14. The van der Waals surface area contributed by atoms with Gasteiger partial charge in [-0.3, -0.25) is 4.79 Å². The fourth-order valence-corrected chi connectivity index (χ4v) is 2.37. The number of rotatable bonds is 9. The first kappa shape index (κ1) is 16.3. The van der Waals surface area contributed by atoms with Gasteiger partial charge in [0.25, 0.3) is 0 Å². The number of carbonyl (C=O) groups is 1. The van der Waals surface area contributed by atoms with E-state index in [1.807, 2.05) is 18.2 Å². The smallest absolute Gasteiger partial charge is 0.303 e. The molecule has 0 aliphatic rings. The van der Waals surface area contributed by atoms with E-state index in [4.69, 9.17) is 14.6 Å². The van der Waals surface area contributed by atoms with Crippen LogP contribution in [0.15, 0.2) is 18.2 Å². The van der Waals surface area contributed by atoms with Gasteiger partial charge in [0.15, 0.2) is 0 Å². The molecule has 1 aromatic carbocycles. The van der Waals surface area contributed by atoms with E-state index in [9.17, 15) is 4.79 Å². The highest BCUT2D eigenvalue weighted by atomic mass is 16.5. The van der Waals surface area contributed by atoms with Gasteiger partial charge >= 0.3 is 5.97 Å². The summed E-state index contributed by atoms with van der Waals surface area (Å²) in [5, 5.41) is 9.10.